The van der Waals surface area contributed by atoms with Gasteiger partial charge in [-0.2, -0.15) is 26.3 Å². The van der Waals surface area contributed by atoms with Crippen molar-refractivity contribution in [2.45, 2.75) is 120 Å². The Balaban J connectivity index is 1.12. The topological polar surface area (TPSA) is 110 Å². The van der Waals surface area contributed by atoms with E-state index in [1.807, 2.05) is 0 Å². The van der Waals surface area contributed by atoms with Crippen LogP contribution in [0.5, 0.6) is 5.75 Å². The second-order valence-electron chi connectivity index (χ2n) is 16.8. The van der Waals surface area contributed by atoms with Gasteiger partial charge in [0, 0.05) is 60.9 Å². The Morgan fingerprint density at radius 2 is 1.62 bits per heavy atom. The van der Waals surface area contributed by atoms with Crippen molar-refractivity contribution in [2.75, 3.05) is 13.1 Å². The number of carboxylic acids is 1. The SMILES string of the molecule is CC1CC(Oc2ccc3c(-c4ncc(C(=O)NC5(C(=O)O)C6CC7CC(C6)CC5C7)c(C(F)(F)F)n4)cn(C4CCC(F)(F)CC4)c3c2)CCN1CC(F)(F)F. The molecule has 5 aliphatic carbocycles. The van der Waals surface area contributed by atoms with E-state index in [-0.39, 0.29) is 30.8 Å². The van der Waals surface area contributed by atoms with Crippen LogP contribution in [-0.2, 0) is 11.0 Å². The highest BCUT2D eigenvalue weighted by Gasteiger charge is 2.62. The zero-order valence-electron chi connectivity index (χ0n) is 30.6. The summed E-state index contributed by atoms with van der Waals surface area (Å²) in [7, 11) is 0. The molecule has 9 nitrogen and oxygen atoms in total. The van der Waals surface area contributed by atoms with Crippen LogP contribution in [-0.4, -0.2) is 79.3 Å². The van der Waals surface area contributed by atoms with Crippen molar-refractivity contribution in [3.63, 3.8) is 0 Å². The quantitative estimate of drug-likeness (QED) is 0.220. The van der Waals surface area contributed by atoms with Crippen molar-refractivity contribution < 1.29 is 54.6 Å². The molecule has 0 spiro atoms. The first-order valence-electron chi connectivity index (χ1n) is 19.3. The summed E-state index contributed by atoms with van der Waals surface area (Å²) in [5.74, 6) is -5.50. The van der Waals surface area contributed by atoms with Gasteiger partial charge in [-0.1, -0.05) is 0 Å². The number of likely N-dealkylation sites (tertiary alicyclic amines) is 1. The summed E-state index contributed by atoms with van der Waals surface area (Å²) in [5, 5.41) is 13.4. The molecule has 2 unspecified atom stereocenters. The number of halogens is 8. The highest BCUT2D eigenvalue weighted by molar-refractivity contribution is 6.00. The zero-order chi connectivity index (χ0) is 39.9. The van der Waals surface area contributed by atoms with Gasteiger partial charge in [0.2, 0.25) is 5.92 Å². The summed E-state index contributed by atoms with van der Waals surface area (Å²) in [5.41, 5.74) is -3.53. The van der Waals surface area contributed by atoms with Gasteiger partial charge >= 0.3 is 18.3 Å². The summed E-state index contributed by atoms with van der Waals surface area (Å²) >= 11 is 0. The number of hydrogen-bond donors (Lipinski definition) is 2. The fourth-order valence-electron chi connectivity index (χ4n) is 10.7. The van der Waals surface area contributed by atoms with Crippen LogP contribution < -0.4 is 10.1 Å². The molecule has 2 N–H and O–H groups in total. The lowest BCUT2D eigenvalue weighted by Crippen LogP contribution is -2.70. The molecule has 3 aromatic rings. The molecule has 3 heterocycles. The van der Waals surface area contributed by atoms with Crippen molar-refractivity contribution in [1.29, 1.82) is 0 Å². The second kappa shape index (κ2) is 13.8. The molecule has 1 amide bonds. The maximum Gasteiger partial charge on any atom is 0.434 e. The number of aromatic nitrogens is 3. The van der Waals surface area contributed by atoms with Crippen molar-refractivity contribution in [1.82, 2.24) is 24.8 Å². The molecule has 56 heavy (non-hydrogen) atoms. The third-order valence-corrected chi connectivity index (χ3v) is 13.2. The molecule has 6 aliphatic rings. The number of carbonyl (C=O) groups is 2. The van der Waals surface area contributed by atoms with Gasteiger partial charge in [-0.3, -0.25) is 9.69 Å². The Morgan fingerprint density at radius 1 is 0.964 bits per heavy atom. The van der Waals surface area contributed by atoms with E-state index in [1.54, 1.807) is 29.7 Å². The maximum absolute atomic E-state index is 14.8. The molecular formula is C39H43F8N5O4. The van der Waals surface area contributed by atoms with Crippen LogP contribution in [0.3, 0.4) is 0 Å². The normalized spacial score (nSPS) is 30.8. The van der Waals surface area contributed by atoms with E-state index in [1.165, 1.54) is 11.1 Å². The smallest absolute Gasteiger partial charge is 0.434 e. The van der Waals surface area contributed by atoms with Crippen LogP contribution in [0.1, 0.15) is 99.6 Å². The van der Waals surface area contributed by atoms with Gasteiger partial charge < -0.3 is 19.7 Å². The molecule has 1 saturated heterocycles. The van der Waals surface area contributed by atoms with Gasteiger partial charge in [-0.25, -0.2) is 23.5 Å². The minimum absolute atomic E-state index is 0.0824. The summed E-state index contributed by atoms with van der Waals surface area (Å²) in [6.45, 7) is 0.826. The van der Waals surface area contributed by atoms with Crippen LogP contribution in [0.15, 0.2) is 30.6 Å². The van der Waals surface area contributed by atoms with E-state index in [2.05, 4.69) is 15.3 Å². The molecule has 4 bridgehead atoms. The van der Waals surface area contributed by atoms with E-state index in [9.17, 15) is 49.8 Å². The van der Waals surface area contributed by atoms with Gasteiger partial charge in [0.25, 0.3) is 5.91 Å². The third kappa shape index (κ3) is 7.21. The van der Waals surface area contributed by atoms with Gasteiger partial charge in [0.05, 0.1) is 17.6 Å². The number of piperidine rings is 1. The van der Waals surface area contributed by atoms with E-state index in [0.717, 1.165) is 12.6 Å². The molecular weight excluding hydrogens is 754 g/mol. The molecule has 9 rings (SSSR count). The zero-order valence-corrected chi connectivity index (χ0v) is 30.6. The van der Waals surface area contributed by atoms with E-state index in [0.29, 0.717) is 67.0 Å². The molecule has 1 aromatic carbocycles. The van der Waals surface area contributed by atoms with Crippen LogP contribution in [0.2, 0.25) is 0 Å². The Hall–Kier alpha value is -4.02. The number of rotatable bonds is 8. The minimum atomic E-state index is -5.13. The number of amides is 1. The Kier molecular flexibility index (Phi) is 9.59. The Labute approximate surface area is 317 Å². The van der Waals surface area contributed by atoms with E-state index in [4.69, 9.17) is 4.74 Å². The molecule has 6 fully saturated rings. The van der Waals surface area contributed by atoms with Crippen molar-refractivity contribution >= 4 is 22.8 Å². The average molecular weight is 798 g/mol. The lowest BCUT2D eigenvalue weighted by Gasteiger charge is -2.59. The number of aliphatic carboxylic acids is 1. The highest BCUT2D eigenvalue weighted by atomic mass is 19.4. The Bertz CT molecular complexity index is 1980. The molecule has 304 valence electrons. The molecule has 2 atom stereocenters. The van der Waals surface area contributed by atoms with E-state index < -0.39 is 96.4 Å². The average Bonchev–Trinajstić information content (AvgIpc) is 3.48. The number of nitrogens with zero attached hydrogens (tertiary/aromatic N) is 4. The second-order valence-corrected chi connectivity index (χ2v) is 16.8. The number of hydrogen-bond acceptors (Lipinski definition) is 6. The van der Waals surface area contributed by atoms with Crippen molar-refractivity contribution in [3.05, 3.63) is 41.9 Å². The van der Waals surface area contributed by atoms with Crippen molar-refractivity contribution in [2.24, 2.45) is 23.7 Å². The standard InChI is InChI=1S/C39H43F8N5O4/c1-20-10-27(6-9-51(20)19-37(42,43)44)56-26-2-3-28-30(18-52(31(28)16-26)25-4-7-36(40,41)8-5-25)33-48-17-29(32(49-33)39(45,46)47)34(53)50-38(35(54)55)23-12-21-11-22(14-23)15-24(38)13-21/h2-3,16-18,20-25,27H,4-15,19H2,1H3,(H,50,53)(H,54,55). The molecule has 0 radical (unpaired) electrons. The number of alkyl halides is 8. The fraction of sp³-hybridized carbons (Fsp3) is 0.641. The molecule has 1 aliphatic heterocycles. The van der Waals surface area contributed by atoms with Gasteiger partial charge in [-0.15, -0.1) is 0 Å². The number of fused-ring (bicyclic) bond motifs is 1. The maximum atomic E-state index is 14.8. The fourth-order valence-corrected chi connectivity index (χ4v) is 10.7. The molecule has 17 heteroatoms. The van der Waals surface area contributed by atoms with E-state index >= 15 is 0 Å². The summed E-state index contributed by atoms with van der Waals surface area (Å²) in [6.07, 6.45) is -4.26. The van der Waals surface area contributed by atoms with Crippen LogP contribution in [0.25, 0.3) is 22.3 Å². The largest absolute Gasteiger partial charge is 0.490 e. The lowest BCUT2D eigenvalue weighted by atomic mass is 9.48. The highest BCUT2D eigenvalue weighted by Crippen LogP contribution is 2.58. The first-order valence-corrected chi connectivity index (χ1v) is 19.3. The summed E-state index contributed by atoms with van der Waals surface area (Å²) in [4.78, 5) is 36.0. The van der Waals surface area contributed by atoms with Crippen LogP contribution in [0.4, 0.5) is 35.1 Å². The molecule has 5 saturated carbocycles. The third-order valence-electron chi connectivity index (χ3n) is 13.2. The van der Waals surface area contributed by atoms with Crippen molar-refractivity contribution in [3.8, 4) is 17.1 Å². The lowest BCUT2D eigenvalue weighted by molar-refractivity contribution is -0.163. The predicted octanol–water partition coefficient (Wildman–Crippen LogP) is 8.67. The number of nitrogens with one attached hydrogen (secondary N) is 1. The van der Waals surface area contributed by atoms with Gasteiger partial charge in [0.1, 0.15) is 17.4 Å². The number of benzene rings is 1. The number of ether oxygens (including phenoxy) is 1. The Morgan fingerprint density at radius 3 is 2.21 bits per heavy atom. The van der Waals surface area contributed by atoms with Gasteiger partial charge in [0.15, 0.2) is 11.5 Å². The predicted molar refractivity (Wildman–Crippen MR) is 186 cm³/mol. The van der Waals surface area contributed by atoms with Gasteiger partial charge in [-0.05, 0) is 101 Å². The number of carbonyl (C=O) groups excluding carboxylic acids is 1. The molecule has 2 aromatic heterocycles. The minimum Gasteiger partial charge on any atom is -0.490 e. The summed E-state index contributed by atoms with van der Waals surface area (Å²) in [6, 6.07) is 3.95. The van der Waals surface area contributed by atoms with Crippen LogP contribution in [0, 0.1) is 23.7 Å². The first kappa shape index (κ1) is 38.8. The number of carboxylic acid groups (broad SMARTS) is 1. The monoisotopic (exact) mass is 797 g/mol. The first-order chi connectivity index (χ1) is 26.3. The summed E-state index contributed by atoms with van der Waals surface area (Å²) < 4.78 is 120. The van der Waals surface area contributed by atoms with Crippen LogP contribution >= 0.6 is 0 Å².